The fraction of sp³-hybridized carbons (Fsp3) is 1.00. The lowest BCUT2D eigenvalue weighted by atomic mass is 9.85. The molecule has 0 N–H and O–H groups in total. The van der Waals surface area contributed by atoms with Crippen LogP contribution in [0, 0.1) is 0 Å². The molecule has 1 rings (SSSR count). The van der Waals surface area contributed by atoms with E-state index in [1.807, 2.05) is 0 Å². The Hall–Kier alpha value is -0.0151. The van der Waals surface area contributed by atoms with E-state index in [9.17, 15) is 0 Å². The minimum atomic E-state index is 0.0868. The molecule has 0 radical (unpaired) electrons. The molecule has 0 atom stereocenters. The Kier molecular flexibility index (Phi) is 2.37. The lowest BCUT2D eigenvalue weighted by Gasteiger charge is -2.17. The molecule has 1 saturated heterocycles. The van der Waals surface area contributed by atoms with Crippen molar-refractivity contribution in [3.8, 4) is 0 Å². The van der Waals surface area contributed by atoms with Gasteiger partial charge in [-0.05, 0) is 12.7 Å². The van der Waals surface area contributed by atoms with Crippen molar-refractivity contribution < 1.29 is 9.31 Å². The average Bonchev–Trinajstić information content (AvgIpc) is 1.90. The summed E-state index contributed by atoms with van der Waals surface area (Å²) in [5, 5.41) is 0. The van der Waals surface area contributed by atoms with Crippen molar-refractivity contribution in [2.45, 2.75) is 19.7 Å². The second-order valence-corrected chi connectivity index (χ2v) is 1.93. The molecule has 0 saturated carbocycles. The van der Waals surface area contributed by atoms with Crippen LogP contribution in [0.25, 0.3) is 0 Å². The number of hydrogen-bond donors (Lipinski definition) is 0. The van der Waals surface area contributed by atoms with E-state index in [0.717, 1.165) is 26.0 Å². The standard InChI is InChI=1S/C5H11BO2/c1-2-6-7-4-3-5-8-6/h2-5H2,1H3. The lowest BCUT2D eigenvalue weighted by molar-refractivity contribution is 0.135. The van der Waals surface area contributed by atoms with E-state index in [1.165, 1.54) is 0 Å². The quantitative estimate of drug-likeness (QED) is 0.472. The lowest BCUT2D eigenvalue weighted by Crippen LogP contribution is -2.28. The first-order chi connectivity index (χ1) is 3.93. The summed E-state index contributed by atoms with van der Waals surface area (Å²) in [6.07, 6.45) is 2.02. The minimum Gasteiger partial charge on any atom is -0.411 e. The van der Waals surface area contributed by atoms with Gasteiger partial charge >= 0.3 is 7.12 Å². The summed E-state index contributed by atoms with van der Waals surface area (Å²) >= 11 is 0. The van der Waals surface area contributed by atoms with Gasteiger partial charge in [0.1, 0.15) is 0 Å². The van der Waals surface area contributed by atoms with Gasteiger partial charge in [0.05, 0.1) is 0 Å². The van der Waals surface area contributed by atoms with Gasteiger partial charge in [-0.3, -0.25) is 0 Å². The first-order valence-electron chi connectivity index (χ1n) is 3.16. The third-order valence-corrected chi connectivity index (χ3v) is 1.23. The van der Waals surface area contributed by atoms with Crippen LogP contribution in [-0.4, -0.2) is 20.3 Å². The third kappa shape index (κ3) is 1.49. The molecule has 0 aromatic carbocycles. The zero-order chi connectivity index (χ0) is 5.82. The Labute approximate surface area is 50.3 Å². The van der Waals surface area contributed by atoms with Gasteiger partial charge in [-0.2, -0.15) is 0 Å². The second-order valence-electron chi connectivity index (χ2n) is 1.93. The van der Waals surface area contributed by atoms with Crippen molar-refractivity contribution in [2.24, 2.45) is 0 Å². The number of rotatable bonds is 1. The topological polar surface area (TPSA) is 18.5 Å². The van der Waals surface area contributed by atoms with Gasteiger partial charge in [0.2, 0.25) is 0 Å². The van der Waals surface area contributed by atoms with E-state index in [2.05, 4.69) is 6.92 Å². The van der Waals surface area contributed by atoms with E-state index in [-0.39, 0.29) is 7.12 Å². The fourth-order valence-corrected chi connectivity index (χ4v) is 0.772. The van der Waals surface area contributed by atoms with Crippen LogP contribution in [0.4, 0.5) is 0 Å². The zero-order valence-corrected chi connectivity index (χ0v) is 5.22. The van der Waals surface area contributed by atoms with E-state index in [4.69, 9.17) is 9.31 Å². The van der Waals surface area contributed by atoms with Gasteiger partial charge in [0.15, 0.2) is 0 Å². The van der Waals surface area contributed by atoms with E-state index in [0.29, 0.717) is 0 Å². The van der Waals surface area contributed by atoms with Gasteiger partial charge in [-0.15, -0.1) is 0 Å². The summed E-state index contributed by atoms with van der Waals surface area (Å²) in [6.45, 7) is 3.81. The highest BCUT2D eigenvalue weighted by Crippen LogP contribution is 2.03. The highest BCUT2D eigenvalue weighted by molar-refractivity contribution is 6.44. The van der Waals surface area contributed by atoms with Crippen LogP contribution in [0.2, 0.25) is 6.32 Å². The molecular weight excluding hydrogens is 103 g/mol. The van der Waals surface area contributed by atoms with E-state index < -0.39 is 0 Å². The monoisotopic (exact) mass is 114 g/mol. The molecule has 8 heavy (non-hydrogen) atoms. The molecule has 0 unspecified atom stereocenters. The van der Waals surface area contributed by atoms with Crippen molar-refractivity contribution in [3.63, 3.8) is 0 Å². The normalized spacial score (nSPS) is 21.4. The van der Waals surface area contributed by atoms with Gasteiger partial charge in [0.25, 0.3) is 0 Å². The van der Waals surface area contributed by atoms with Crippen molar-refractivity contribution in [2.75, 3.05) is 13.2 Å². The van der Waals surface area contributed by atoms with E-state index in [1.54, 1.807) is 0 Å². The second kappa shape index (κ2) is 3.10. The molecule has 1 heterocycles. The maximum Gasteiger partial charge on any atom is 0.456 e. The maximum atomic E-state index is 5.20. The first kappa shape index (κ1) is 6.11. The van der Waals surface area contributed by atoms with Crippen LogP contribution >= 0.6 is 0 Å². The maximum absolute atomic E-state index is 5.20. The Morgan fingerprint density at radius 2 is 2.00 bits per heavy atom. The summed E-state index contributed by atoms with van der Waals surface area (Å²) in [5.41, 5.74) is 0. The Morgan fingerprint density at radius 3 is 2.38 bits per heavy atom. The average molecular weight is 114 g/mol. The molecule has 0 amide bonds. The molecule has 1 aliphatic rings. The Morgan fingerprint density at radius 1 is 1.38 bits per heavy atom. The zero-order valence-electron chi connectivity index (χ0n) is 5.22. The Balaban J connectivity index is 2.13. The van der Waals surface area contributed by atoms with Crippen molar-refractivity contribution >= 4 is 7.12 Å². The Bertz CT molecular complexity index is 61.4. The summed E-state index contributed by atoms with van der Waals surface area (Å²) in [6, 6.07) is 0. The molecule has 0 aromatic heterocycles. The van der Waals surface area contributed by atoms with Crippen LogP contribution in [0.5, 0.6) is 0 Å². The molecule has 1 fully saturated rings. The SMILES string of the molecule is CCB1OCCCO1. The predicted molar refractivity (Wildman–Crippen MR) is 32.8 cm³/mol. The smallest absolute Gasteiger partial charge is 0.411 e. The molecule has 3 heteroatoms. The molecule has 0 spiro atoms. The first-order valence-corrected chi connectivity index (χ1v) is 3.16. The molecule has 46 valence electrons. The molecule has 1 aliphatic heterocycles. The highest BCUT2D eigenvalue weighted by atomic mass is 16.6. The number of hydrogen-bond acceptors (Lipinski definition) is 2. The van der Waals surface area contributed by atoms with Crippen LogP contribution in [0.15, 0.2) is 0 Å². The third-order valence-electron chi connectivity index (χ3n) is 1.23. The minimum absolute atomic E-state index is 0.0868. The molecule has 2 nitrogen and oxygen atoms in total. The summed E-state index contributed by atoms with van der Waals surface area (Å²) in [4.78, 5) is 0. The van der Waals surface area contributed by atoms with Crippen molar-refractivity contribution in [1.82, 2.24) is 0 Å². The van der Waals surface area contributed by atoms with Crippen LogP contribution in [0.3, 0.4) is 0 Å². The molecular formula is C5H11BO2. The predicted octanol–water partition coefficient (Wildman–Crippen LogP) is 0.931. The van der Waals surface area contributed by atoms with Gasteiger partial charge in [-0.25, -0.2) is 0 Å². The van der Waals surface area contributed by atoms with Gasteiger partial charge < -0.3 is 9.31 Å². The van der Waals surface area contributed by atoms with Crippen LogP contribution < -0.4 is 0 Å². The summed E-state index contributed by atoms with van der Waals surface area (Å²) in [5.74, 6) is 0. The van der Waals surface area contributed by atoms with Crippen LogP contribution in [0.1, 0.15) is 13.3 Å². The van der Waals surface area contributed by atoms with E-state index >= 15 is 0 Å². The highest BCUT2D eigenvalue weighted by Gasteiger charge is 2.17. The molecule has 0 aromatic rings. The van der Waals surface area contributed by atoms with Gasteiger partial charge in [0, 0.05) is 13.2 Å². The molecule has 0 bridgehead atoms. The van der Waals surface area contributed by atoms with Crippen LogP contribution in [-0.2, 0) is 9.31 Å². The fourth-order valence-electron chi connectivity index (χ4n) is 0.772. The van der Waals surface area contributed by atoms with Crippen molar-refractivity contribution in [1.29, 1.82) is 0 Å². The summed E-state index contributed by atoms with van der Waals surface area (Å²) in [7, 11) is 0.0868. The van der Waals surface area contributed by atoms with Crippen molar-refractivity contribution in [3.05, 3.63) is 0 Å². The van der Waals surface area contributed by atoms with Gasteiger partial charge in [-0.1, -0.05) is 6.92 Å². The largest absolute Gasteiger partial charge is 0.456 e. The molecule has 0 aliphatic carbocycles. The summed E-state index contributed by atoms with van der Waals surface area (Å²) < 4.78 is 10.4.